The highest BCUT2D eigenvalue weighted by atomic mass is 32.1. The van der Waals surface area contributed by atoms with Gasteiger partial charge in [-0.25, -0.2) is 0 Å². The van der Waals surface area contributed by atoms with Crippen molar-refractivity contribution in [2.24, 2.45) is 0 Å². The molecular weight excluding hydrogens is 254 g/mol. The van der Waals surface area contributed by atoms with E-state index in [9.17, 15) is 9.59 Å². The number of carboxylic acids is 1. The number of anilines is 1. The maximum absolute atomic E-state index is 11.7. The van der Waals surface area contributed by atoms with E-state index in [0.29, 0.717) is 11.3 Å². The Morgan fingerprint density at radius 2 is 2.22 bits per heavy atom. The lowest BCUT2D eigenvalue weighted by Crippen LogP contribution is -2.12. The number of carbonyl (C=O) groups excluding carboxylic acids is 1. The predicted molar refractivity (Wildman–Crippen MR) is 65.6 cm³/mol. The van der Waals surface area contributed by atoms with Crippen LogP contribution < -0.4 is 5.32 Å². The van der Waals surface area contributed by atoms with Crippen LogP contribution in [-0.2, 0) is 11.2 Å². The second-order valence-electron chi connectivity index (χ2n) is 3.52. The van der Waals surface area contributed by atoms with Gasteiger partial charge in [-0.1, -0.05) is 16.6 Å². The van der Waals surface area contributed by atoms with Gasteiger partial charge in [0, 0.05) is 11.1 Å². The summed E-state index contributed by atoms with van der Waals surface area (Å²) in [6.07, 6.45) is -0.0814. The summed E-state index contributed by atoms with van der Waals surface area (Å²) in [7, 11) is 0. The van der Waals surface area contributed by atoms with Gasteiger partial charge in [0.05, 0.1) is 6.42 Å². The summed E-state index contributed by atoms with van der Waals surface area (Å²) in [5.74, 6) is -1.28. The van der Waals surface area contributed by atoms with Gasteiger partial charge in [0.1, 0.15) is 0 Å². The topological polar surface area (TPSA) is 92.2 Å². The SMILES string of the molecule is O=C(O)Cc1cccc(NC(=O)c2csnn2)c1. The monoisotopic (exact) mass is 263 g/mol. The summed E-state index contributed by atoms with van der Waals surface area (Å²) in [6, 6.07) is 6.68. The Balaban J connectivity index is 2.10. The molecule has 18 heavy (non-hydrogen) atoms. The van der Waals surface area contributed by atoms with Gasteiger partial charge in [-0.2, -0.15) is 0 Å². The molecule has 0 aliphatic heterocycles. The lowest BCUT2D eigenvalue weighted by atomic mass is 10.1. The first-order chi connectivity index (χ1) is 8.65. The molecule has 1 amide bonds. The van der Waals surface area contributed by atoms with Crippen molar-refractivity contribution >= 4 is 29.1 Å². The fourth-order valence-electron chi connectivity index (χ4n) is 1.39. The van der Waals surface area contributed by atoms with Gasteiger partial charge in [-0.3, -0.25) is 9.59 Å². The molecule has 0 saturated carbocycles. The summed E-state index contributed by atoms with van der Waals surface area (Å²) in [5.41, 5.74) is 1.40. The molecule has 1 aromatic heterocycles. The smallest absolute Gasteiger partial charge is 0.307 e. The Bertz CT molecular complexity index is 569. The molecule has 0 saturated heterocycles. The van der Waals surface area contributed by atoms with Gasteiger partial charge in [0.25, 0.3) is 5.91 Å². The summed E-state index contributed by atoms with van der Waals surface area (Å²) in [6.45, 7) is 0. The van der Waals surface area contributed by atoms with E-state index in [1.165, 1.54) is 5.38 Å². The number of nitrogens with one attached hydrogen (secondary N) is 1. The third-order valence-corrected chi connectivity index (χ3v) is 2.64. The van der Waals surface area contributed by atoms with Gasteiger partial charge in [-0.05, 0) is 29.2 Å². The Labute approximate surface area is 106 Å². The van der Waals surface area contributed by atoms with Crippen LogP contribution in [0.25, 0.3) is 0 Å². The van der Waals surface area contributed by atoms with E-state index in [-0.39, 0.29) is 18.0 Å². The Kier molecular flexibility index (Phi) is 3.63. The van der Waals surface area contributed by atoms with Crippen molar-refractivity contribution in [1.82, 2.24) is 9.59 Å². The number of aliphatic carboxylic acids is 1. The highest BCUT2D eigenvalue weighted by Crippen LogP contribution is 2.12. The second-order valence-corrected chi connectivity index (χ2v) is 4.12. The zero-order chi connectivity index (χ0) is 13.0. The van der Waals surface area contributed by atoms with Crippen LogP contribution in [0.1, 0.15) is 16.1 Å². The molecule has 0 fully saturated rings. The van der Waals surface area contributed by atoms with Crippen molar-refractivity contribution in [3.05, 3.63) is 40.9 Å². The minimum Gasteiger partial charge on any atom is -0.481 e. The van der Waals surface area contributed by atoms with Crippen molar-refractivity contribution < 1.29 is 14.7 Å². The quantitative estimate of drug-likeness (QED) is 0.870. The average molecular weight is 263 g/mol. The molecule has 0 radical (unpaired) electrons. The van der Waals surface area contributed by atoms with E-state index in [1.807, 2.05) is 0 Å². The Hall–Kier alpha value is -2.28. The van der Waals surface area contributed by atoms with E-state index < -0.39 is 5.97 Å². The van der Waals surface area contributed by atoms with Crippen LogP contribution in [0.5, 0.6) is 0 Å². The lowest BCUT2D eigenvalue weighted by molar-refractivity contribution is -0.136. The third-order valence-electron chi connectivity index (χ3n) is 2.13. The van der Waals surface area contributed by atoms with Crippen LogP contribution in [0, 0.1) is 0 Å². The first kappa shape index (κ1) is 12.2. The number of amides is 1. The van der Waals surface area contributed by atoms with Crippen LogP contribution in [0.3, 0.4) is 0 Å². The molecule has 1 heterocycles. The van der Waals surface area contributed by atoms with Crippen molar-refractivity contribution in [3.8, 4) is 0 Å². The minimum absolute atomic E-state index is 0.0814. The van der Waals surface area contributed by atoms with E-state index >= 15 is 0 Å². The maximum Gasteiger partial charge on any atom is 0.307 e. The average Bonchev–Trinajstić information content (AvgIpc) is 2.81. The zero-order valence-corrected chi connectivity index (χ0v) is 9.98. The number of aromatic nitrogens is 2. The molecule has 0 aliphatic carbocycles. The molecule has 2 rings (SSSR count). The lowest BCUT2D eigenvalue weighted by Gasteiger charge is -2.04. The summed E-state index contributed by atoms with van der Waals surface area (Å²) in [4.78, 5) is 22.3. The first-order valence-electron chi connectivity index (χ1n) is 5.04. The van der Waals surface area contributed by atoms with E-state index in [0.717, 1.165) is 11.5 Å². The van der Waals surface area contributed by atoms with Crippen molar-refractivity contribution in [2.75, 3.05) is 5.32 Å². The molecular formula is C11H9N3O3S. The number of hydrogen-bond acceptors (Lipinski definition) is 5. The summed E-state index contributed by atoms with van der Waals surface area (Å²) in [5, 5.41) is 16.5. The minimum atomic E-state index is -0.915. The number of hydrogen-bond donors (Lipinski definition) is 2. The van der Waals surface area contributed by atoms with Crippen LogP contribution in [0.2, 0.25) is 0 Å². The Morgan fingerprint density at radius 3 is 2.89 bits per heavy atom. The molecule has 0 spiro atoms. The van der Waals surface area contributed by atoms with Gasteiger partial charge >= 0.3 is 5.97 Å². The highest BCUT2D eigenvalue weighted by molar-refractivity contribution is 7.03. The second kappa shape index (κ2) is 5.37. The normalized spacial score (nSPS) is 10.0. The first-order valence-corrected chi connectivity index (χ1v) is 5.88. The summed E-state index contributed by atoms with van der Waals surface area (Å²) < 4.78 is 3.59. The van der Waals surface area contributed by atoms with Crippen molar-refractivity contribution in [2.45, 2.75) is 6.42 Å². The van der Waals surface area contributed by atoms with Crippen LogP contribution in [-0.4, -0.2) is 26.6 Å². The fourth-order valence-corrected chi connectivity index (χ4v) is 1.83. The summed E-state index contributed by atoms with van der Waals surface area (Å²) >= 11 is 1.09. The maximum atomic E-state index is 11.7. The molecule has 2 N–H and O–H groups in total. The van der Waals surface area contributed by atoms with Crippen LogP contribution >= 0.6 is 11.5 Å². The number of nitrogens with zero attached hydrogens (tertiary/aromatic N) is 2. The molecule has 0 aliphatic rings. The van der Waals surface area contributed by atoms with Crippen molar-refractivity contribution in [3.63, 3.8) is 0 Å². The fraction of sp³-hybridized carbons (Fsp3) is 0.0909. The molecule has 2 aromatic rings. The number of carbonyl (C=O) groups is 2. The molecule has 1 aromatic carbocycles. The molecule has 92 valence electrons. The highest BCUT2D eigenvalue weighted by Gasteiger charge is 2.09. The number of benzene rings is 1. The predicted octanol–water partition coefficient (Wildman–Crippen LogP) is 1.42. The van der Waals surface area contributed by atoms with Gasteiger partial charge in [0.2, 0.25) is 0 Å². The van der Waals surface area contributed by atoms with Crippen LogP contribution in [0.15, 0.2) is 29.6 Å². The van der Waals surface area contributed by atoms with E-state index in [4.69, 9.17) is 5.11 Å². The molecule has 0 atom stereocenters. The van der Waals surface area contributed by atoms with Gasteiger partial charge in [0.15, 0.2) is 5.69 Å². The third kappa shape index (κ3) is 3.11. The Morgan fingerprint density at radius 1 is 1.39 bits per heavy atom. The van der Waals surface area contributed by atoms with Crippen LogP contribution in [0.4, 0.5) is 5.69 Å². The van der Waals surface area contributed by atoms with Gasteiger partial charge < -0.3 is 10.4 Å². The van der Waals surface area contributed by atoms with E-state index in [1.54, 1.807) is 24.3 Å². The van der Waals surface area contributed by atoms with E-state index in [2.05, 4.69) is 14.9 Å². The number of carboxylic acid groups (broad SMARTS) is 1. The number of rotatable bonds is 4. The van der Waals surface area contributed by atoms with Gasteiger partial charge in [-0.15, -0.1) is 5.10 Å². The molecule has 0 unspecified atom stereocenters. The molecule has 7 heteroatoms. The zero-order valence-electron chi connectivity index (χ0n) is 9.16. The largest absolute Gasteiger partial charge is 0.481 e. The molecule has 6 nitrogen and oxygen atoms in total. The standard InChI is InChI=1S/C11H9N3O3S/c15-10(16)5-7-2-1-3-8(4-7)12-11(17)9-6-18-14-13-9/h1-4,6H,5H2,(H,12,17)(H,15,16). The molecule has 0 bridgehead atoms. The van der Waals surface area contributed by atoms with Crippen molar-refractivity contribution in [1.29, 1.82) is 0 Å².